The van der Waals surface area contributed by atoms with Gasteiger partial charge in [0.15, 0.2) is 5.82 Å². The number of amides is 1. The lowest BCUT2D eigenvalue weighted by molar-refractivity contribution is 0.0313. The van der Waals surface area contributed by atoms with Gasteiger partial charge in [0.25, 0.3) is 5.91 Å². The Morgan fingerprint density at radius 3 is 2.49 bits per heavy atom. The number of ether oxygens (including phenoxy) is 1. The Labute approximate surface area is 205 Å². The molecule has 182 valence electrons. The second-order valence-electron chi connectivity index (χ2n) is 10.2. The number of anilines is 1. The van der Waals surface area contributed by atoms with E-state index < -0.39 is 5.82 Å². The molecule has 1 amide bonds. The van der Waals surface area contributed by atoms with Crippen LogP contribution in [0.5, 0.6) is 5.75 Å². The van der Waals surface area contributed by atoms with E-state index in [1.807, 2.05) is 24.3 Å². The molecule has 2 fully saturated rings. The molecule has 6 nitrogen and oxygen atoms in total. The number of aromatic nitrogens is 3. The fraction of sp³-hybridized carbons (Fsp3) is 0.464. The lowest BCUT2D eigenvalue weighted by Crippen LogP contribution is -2.61. The van der Waals surface area contributed by atoms with Crippen molar-refractivity contribution in [1.82, 2.24) is 14.8 Å². The summed E-state index contributed by atoms with van der Waals surface area (Å²) in [5.41, 5.74) is 0.833. The van der Waals surface area contributed by atoms with E-state index in [0.717, 1.165) is 62.7 Å². The van der Waals surface area contributed by atoms with E-state index in [1.54, 1.807) is 30.2 Å². The van der Waals surface area contributed by atoms with Gasteiger partial charge >= 0.3 is 0 Å². The van der Waals surface area contributed by atoms with E-state index in [1.165, 1.54) is 12.5 Å². The van der Waals surface area contributed by atoms with Gasteiger partial charge in [0.05, 0.1) is 18.2 Å². The van der Waals surface area contributed by atoms with Crippen LogP contribution < -0.4 is 9.64 Å². The molecule has 2 aliphatic carbocycles. The molecule has 0 bridgehead atoms. The van der Waals surface area contributed by atoms with Crippen molar-refractivity contribution in [1.29, 1.82) is 0 Å². The highest BCUT2D eigenvalue weighted by Gasteiger charge is 2.55. The standard InChI is InChI=1S/C28H31FN4O2/c1-35-20-15-13-19(14-16-20)25-30-27-32(26(34)21-9-3-5-11-23(21)29)24-12-6-4-10-22(24)28(33(27)31-25)17-7-2-8-18-28/h3,5,9,11,13-16,22,24H,2,4,6-8,10,12,17-18H2,1H3/t22-,24+/m1/s1. The highest BCUT2D eigenvalue weighted by molar-refractivity contribution is 6.06. The minimum Gasteiger partial charge on any atom is -0.497 e. The summed E-state index contributed by atoms with van der Waals surface area (Å²) in [6, 6.07) is 14.0. The largest absolute Gasteiger partial charge is 0.497 e. The Kier molecular flexibility index (Phi) is 5.58. The Balaban J connectivity index is 1.53. The van der Waals surface area contributed by atoms with E-state index in [2.05, 4.69) is 4.68 Å². The average Bonchev–Trinajstić information content (AvgIpc) is 3.36. The zero-order valence-electron chi connectivity index (χ0n) is 20.1. The zero-order valence-corrected chi connectivity index (χ0v) is 20.1. The maximum Gasteiger partial charge on any atom is 0.263 e. The first-order valence-corrected chi connectivity index (χ1v) is 12.8. The number of nitrogens with zero attached hydrogens (tertiary/aromatic N) is 4. The van der Waals surface area contributed by atoms with Gasteiger partial charge in [-0.2, -0.15) is 4.98 Å². The van der Waals surface area contributed by atoms with Crippen LogP contribution in [0.15, 0.2) is 48.5 Å². The Bertz CT molecular complexity index is 1230. The topological polar surface area (TPSA) is 60.2 Å². The molecule has 2 heterocycles. The average molecular weight is 475 g/mol. The fourth-order valence-electron chi connectivity index (χ4n) is 6.73. The van der Waals surface area contributed by atoms with E-state index in [-0.39, 0.29) is 23.1 Å². The van der Waals surface area contributed by atoms with Crippen LogP contribution in [0.3, 0.4) is 0 Å². The minimum atomic E-state index is -0.496. The molecule has 0 N–H and O–H groups in total. The Morgan fingerprint density at radius 2 is 1.74 bits per heavy atom. The van der Waals surface area contributed by atoms with Crippen molar-refractivity contribution in [3.8, 4) is 17.1 Å². The maximum atomic E-state index is 14.8. The molecule has 3 aliphatic rings. The molecule has 1 spiro atoms. The molecular formula is C28H31FN4O2. The molecule has 6 rings (SSSR count). The number of rotatable bonds is 3. The van der Waals surface area contributed by atoms with Gasteiger partial charge in [0, 0.05) is 17.5 Å². The molecule has 2 saturated carbocycles. The van der Waals surface area contributed by atoms with E-state index in [9.17, 15) is 9.18 Å². The van der Waals surface area contributed by atoms with E-state index >= 15 is 0 Å². The van der Waals surface area contributed by atoms with Crippen LogP contribution >= 0.6 is 0 Å². The number of fused-ring (bicyclic) bond motifs is 4. The van der Waals surface area contributed by atoms with Gasteiger partial charge in [-0.05, 0) is 62.1 Å². The second-order valence-corrected chi connectivity index (χ2v) is 10.2. The van der Waals surface area contributed by atoms with Gasteiger partial charge in [-0.25, -0.2) is 9.07 Å². The van der Waals surface area contributed by atoms with Gasteiger partial charge in [0.1, 0.15) is 11.6 Å². The first-order valence-electron chi connectivity index (χ1n) is 12.8. The van der Waals surface area contributed by atoms with Crippen LogP contribution in [0, 0.1) is 11.7 Å². The monoisotopic (exact) mass is 474 g/mol. The summed E-state index contributed by atoms with van der Waals surface area (Å²) < 4.78 is 22.2. The molecule has 0 radical (unpaired) electrons. The van der Waals surface area contributed by atoms with Crippen LogP contribution in [-0.2, 0) is 5.54 Å². The summed E-state index contributed by atoms with van der Waals surface area (Å²) in [5, 5.41) is 5.07. The number of methoxy groups -OCH3 is 1. The highest BCUT2D eigenvalue weighted by atomic mass is 19.1. The molecule has 2 aromatic carbocycles. The first-order chi connectivity index (χ1) is 17.1. The summed E-state index contributed by atoms with van der Waals surface area (Å²) in [4.78, 5) is 20.7. The minimum absolute atomic E-state index is 0.00868. The molecule has 1 aromatic heterocycles. The summed E-state index contributed by atoms with van der Waals surface area (Å²) in [7, 11) is 1.64. The van der Waals surface area contributed by atoms with Crippen LogP contribution in [0.1, 0.15) is 68.1 Å². The van der Waals surface area contributed by atoms with Crippen LogP contribution in [0.25, 0.3) is 11.4 Å². The number of carbonyl (C=O) groups is 1. The number of carbonyl (C=O) groups excluding carboxylic acids is 1. The van der Waals surface area contributed by atoms with Crippen molar-refractivity contribution < 1.29 is 13.9 Å². The third kappa shape index (κ3) is 3.55. The van der Waals surface area contributed by atoms with Crippen molar-refractivity contribution in [2.45, 2.75) is 69.4 Å². The predicted molar refractivity (Wildman–Crippen MR) is 132 cm³/mol. The van der Waals surface area contributed by atoms with Crippen molar-refractivity contribution >= 4 is 11.9 Å². The summed E-state index contributed by atoms with van der Waals surface area (Å²) in [6.45, 7) is 0. The van der Waals surface area contributed by atoms with Gasteiger partial charge in [-0.1, -0.05) is 44.2 Å². The molecule has 35 heavy (non-hydrogen) atoms. The van der Waals surface area contributed by atoms with Crippen molar-refractivity contribution in [3.63, 3.8) is 0 Å². The normalized spacial score (nSPS) is 23.0. The SMILES string of the molecule is COc1ccc(-c2nc3n(n2)C2(CCCCC2)[C@@H]2CCCC[C@@H]2N3C(=O)c2ccccc2F)cc1. The van der Waals surface area contributed by atoms with Crippen molar-refractivity contribution in [2.24, 2.45) is 5.92 Å². The second kappa shape index (κ2) is 8.77. The van der Waals surface area contributed by atoms with Gasteiger partial charge in [-0.15, -0.1) is 5.10 Å². The number of hydrogen-bond donors (Lipinski definition) is 0. The van der Waals surface area contributed by atoms with E-state index in [4.69, 9.17) is 14.8 Å². The molecule has 3 aromatic rings. The van der Waals surface area contributed by atoms with E-state index in [0.29, 0.717) is 17.7 Å². The number of benzene rings is 2. The van der Waals surface area contributed by atoms with Gasteiger partial charge in [-0.3, -0.25) is 9.69 Å². The summed E-state index contributed by atoms with van der Waals surface area (Å²) >= 11 is 0. The fourth-order valence-corrected chi connectivity index (χ4v) is 6.73. The molecule has 2 atom stereocenters. The van der Waals surface area contributed by atoms with Gasteiger partial charge < -0.3 is 4.74 Å². The van der Waals surface area contributed by atoms with Crippen molar-refractivity contribution in [2.75, 3.05) is 12.0 Å². The third-order valence-corrected chi connectivity index (χ3v) is 8.37. The smallest absolute Gasteiger partial charge is 0.263 e. The van der Waals surface area contributed by atoms with Crippen LogP contribution in [-0.4, -0.2) is 33.8 Å². The third-order valence-electron chi connectivity index (χ3n) is 8.37. The Morgan fingerprint density at radius 1 is 1.00 bits per heavy atom. The number of halogens is 1. The quantitative estimate of drug-likeness (QED) is 0.469. The summed E-state index contributed by atoms with van der Waals surface area (Å²) in [5.74, 6) is 1.41. The van der Waals surface area contributed by atoms with Crippen LogP contribution in [0.2, 0.25) is 0 Å². The number of hydrogen-bond acceptors (Lipinski definition) is 4. The lowest BCUT2D eigenvalue weighted by atomic mass is 9.64. The molecular weight excluding hydrogens is 443 g/mol. The Hall–Kier alpha value is -3.22. The molecule has 7 heteroatoms. The maximum absolute atomic E-state index is 14.8. The summed E-state index contributed by atoms with van der Waals surface area (Å²) in [6.07, 6.45) is 9.83. The molecule has 0 unspecified atom stereocenters. The predicted octanol–water partition coefficient (Wildman–Crippen LogP) is 5.97. The zero-order chi connectivity index (χ0) is 24.0. The van der Waals surface area contributed by atoms with Gasteiger partial charge in [0.2, 0.25) is 5.95 Å². The first kappa shape index (κ1) is 22.3. The van der Waals surface area contributed by atoms with Crippen LogP contribution in [0.4, 0.5) is 10.3 Å². The lowest BCUT2D eigenvalue weighted by Gasteiger charge is -2.55. The van der Waals surface area contributed by atoms with Crippen molar-refractivity contribution in [3.05, 3.63) is 59.9 Å². The highest BCUT2D eigenvalue weighted by Crippen LogP contribution is 2.53. The molecule has 0 saturated heterocycles. The molecule has 1 aliphatic heterocycles.